The zero-order chi connectivity index (χ0) is 28.1. The van der Waals surface area contributed by atoms with Crippen LogP contribution in [0.5, 0.6) is 0 Å². The van der Waals surface area contributed by atoms with E-state index in [9.17, 15) is 36.0 Å². The predicted octanol–water partition coefficient (Wildman–Crippen LogP) is -2.37. The number of hydrogen-bond acceptors (Lipinski definition) is 15. The molecular weight excluding hydrogens is 548 g/mol. The Morgan fingerprint density at radius 1 is 0.838 bits per heavy atom. The SMILES string of the molecule is CC(=O)OC[C@H]1O[C@@H](OS(=O)(=O)N2CC[C@@H](OS(N)(=O)=O)C2)[C@H](OC(C)=O)[C@@H](OC(C)=O)[C@@H]1OC(C)=O. The van der Waals surface area contributed by atoms with Gasteiger partial charge in [0.25, 0.3) is 0 Å². The van der Waals surface area contributed by atoms with Crippen molar-refractivity contribution in [2.75, 3.05) is 19.7 Å². The van der Waals surface area contributed by atoms with Gasteiger partial charge < -0.3 is 23.7 Å². The molecule has 0 radical (unpaired) electrons. The minimum Gasteiger partial charge on any atom is -0.463 e. The lowest BCUT2D eigenvalue weighted by molar-refractivity contribution is -0.288. The molecule has 2 rings (SSSR count). The lowest BCUT2D eigenvalue weighted by atomic mass is 9.98. The maximum Gasteiger partial charge on any atom is 0.341 e. The first-order valence-corrected chi connectivity index (χ1v) is 13.5. The second kappa shape index (κ2) is 12.4. The van der Waals surface area contributed by atoms with Gasteiger partial charge in [0.2, 0.25) is 6.29 Å². The second-order valence-corrected chi connectivity index (χ2v) is 10.7. The van der Waals surface area contributed by atoms with Crippen molar-refractivity contribution in [2.45, 2.75) is 70.9 Å². The minimum absolute atomic E-state index is 0.0441. The largest absolute Gasteiger partial charge is 0.463 e. The summed E-state index contributed by atoms with van der Waals surface area (Å²) in [5.41, 5.74) is 0. The van der Waals surface area contributed by atoms with E-state index in [-0.39, 0.29) is 13.0 Å². The van der Waals surface area contributed by atoms with Crippen LogP contribution in [0.25, 0.3) is 0 Å². The van der Waals surface area contributed by atoms with Crippen LogP contribution in [0.3, 0.4) is 0 Å². The summed E-state index contributed by atoms with van der Waals surface area (Å²) in [6, 6.07) is 0. The van der Waals surface area contributed by atoms with Crippen LogP contribution in [0.4, 0.5) is 0 Å². The highest BCUT2D eigenvalue weighted by Crippen LogP contribution is 2.32. The highest BCUT2D eigenvalue weighted by atomic mass is 32.2. The van der Waals surface area contributed by atoms with Gasteiger partial charge in [0.15, 0.2) is 18.3 Å². The number of hydrogen-bond donors (Lipinski definition) is 1. The molecule has 0 aromatic rings. The Labute approximate surface area is 212 Å². The molecule has 0 bridgehead atoms. The van der Waals surface area contributed by atoms with E-state index in [2.05, 4.69) is 4.18 Å². The molecule has 2 saturated heterocycles. The van der Waals surface area contributed by atoms with Crippen molar-refractivity contribution in [3.05, 3.63) is 0 Å². The molecule has 2 heterocycles. The monoisotopic (exact) mass is 576 g/mol. The van der Waals surface area contributed by atoms with E-state index in [0.717, 1.165) is 32.0 Å². The van der Waals surface area contributed by atoms with Crippen molar-refractivity contribution >= 4 is 44.5 Å². The molecule has 2 N–H and O–H groups in total. The quantitative estimate of drug-likeness (QED) is 0.211. The number of nitrogens with zero attached hydrogens (tertiary/aromatic N) is 1. The zero-order valence-electron chi connectivity index (χ0n) is 20.3. The van der Waals surface area contributed by atoms with Gasteiger partial charge in [-0.05, 0) is 6.42 Å². The summed E-state index contributed by atoms with van der Waals surface area (Å²) in [7, 11) is -9.08. The Morgan fingerprint density at radius 3 is 1.89 bits per heavy atom. The Hall–Kier alpha value is -2.42. The summed E-state index contributed by atoms with van der Waals surface area (Å²) in [5.74, 6) is -3.51. The van der Waals surface area contributed by atoms with Gasteiger partial charge in [0.1, 0.15) is 12.7 Å². The normalized spacial score (nSPS) is 28.8. The van der Waals surface area contributed by atoms with E-state index >= 15 is 0 Å². The van der Waals surface area contributed by atoms with Crippen molar-refractivity contribution in [3.63, 3.8) is 0 Å². The van der Waals surface area contributed by atoms with Gasteiger partial charge in [-0.2, -0.15) is 21.1 Å². The Morgan fingerprint density at radius 2 is 1.38 bits per heavy atom. The first kappa shape index (κ1) is 30.8. The van der Waals surface area contributed by atoms with E-state index in [4.69, 9.17) is 33.0 Å². The van der Waals surface area contributed by atoms with Gasteiger partial charge in [-0.25, -0.2) is 9.32 Å². The molecule has 0 amide bonds. The number of rotatable bonds is 10. The van der Waals surface area contributed by atoms with Crippen LogP contribution < -0.4 is 5.14 Å². The summed E-state index contributed by atoms with van der Waals surface area (Å²) in [6.07, 6.45) is -9.47. The van der Waals surface area contributed by atoms with Crippen LogP contribution in [0.2, 0.25) is 0 Å². The fourth-order valence-corrected chi connectivity index (χ4v) is 5.35. The number of nitrogens with two attached hydrogens (primary N) is 1. The average molecular weight is 577 g/mol. The van der Waals surface area contributed by atoms with Crippen LogP contribution in [0.15, 0.2) is 0 Å². The van der Waals surface area contributed by atoms with Crippen LogP contribution in [0, 0.1) is 0 Å². The topological polar surface area (TPSA) is 230 Å². The Kier molecular flexibility index (Phi) is 10.3. The van der Waals surface area contributed by atoms with Crippen molar-refractivity contribution < 1.29 is 68.1 Å². The second-order valence-electron chi connectivity index (χ2n) is 7.98. The van der Waals surface area contributed by atoms with Crippen LogP contribution in [0.1, 0.15) is 34.1 Å². The molecule has 37 heavy (non-hydrogen) atoms. The molecule has 0 aromatic carbocycles. The van der Waals surface area contributed by atoms with Gasteiger partial charge in [-0.3, -0.25) is 23.4 Å². The fraction of sp³-hybridized carbons (Fsp3) is 0.778. The highest BCUT2D eigenvalue weighted by Gasteiger charge is 2.54. The van der Waals surface area contributed by atoms with Gasteiger partial charge in [-0.15, -0.1) is 0 Å². The molecule has 212 valence electrons. The summed E-state index contributed by atoms with van der Waals surface area (Å²) >= 11 is 0. The van der Waals surface area contributed by atoms with Crippen LogP contribution in [-0.2, 0) is 71.8 Å². The fourth-order valence-electron chi connectivity index (χ4n) is 3.62. The Bertz CT molecular complexity index is 1090. The average Bonchev–Trinajstić information content (AvgIpc) is 3.17. The highest BCUT2D eigenvalue weighted by molar-refractivity contribution is 7.84. The zero-order valence-corrected chi connectivity index (χ0v) is 21.9. The third-order valence-corrected chi connectivity index (χ3v) is 6.80. The minimum atomic E-state index is -4.72. The van der Waals surface area contributed by atoms with Crippen molar-refractivity contribution in [2.24, 2.45) is 5.14 Å². The van der Waals surface area contributed by atoms with Crippen molar-refractivity contribution in [1.29, 1.82) is 0 Å². The van der Waals surface area contributed by atoms with E-state index in [1.54, 1.807) is 0 Å². The summed E-state index contributed by atoms with van der Waals surface area (Å²) in [5, 5.41) is 4.82. The molecule has 0 saturated carbocycles. The lowest BCUT2D eigenvalue weighted by Crippen LogP contribution is -2.63. The van der Waals surface area contributed by atoms with Gasteiger partial charge in [-0.1, -0.05) is 0 Å². The molecule has 2 aliphatic heterocycles. The first-order valence-electron chi connectivity index (χ1n) is 10.7. The van der Waals surface area contributed by atoms with Gasteiger partial charge in [0, 0.05) is 40.8 Å². The van der Waals surface area contributed by atoms with Crippen LogP contribution in [-0.4, -0.2) is 102 Å². The standard InChI is InChI=1S/C18H28N2O15S2/c1-9(21)29-8-14-15(30-10(2)22)16(31-11(3)23)17(32-12(4)24)18(33-14)35-37(27,28)20-6-5-13(7-20)34-36(19,25)26/h13-18H,5-8H2,1-4H3,(H2,19,25,26)/t13-,14-,15-,16+,17-,18+/m1/s1. The molecule has 0 aliphatic carbocycles. The molecule has 6 atom stereocenters. The van der Waals surface area contributed by atoms with E-state index in [1.165, 1.54) is 0 Å². The van der Waals surface area contributed by atoms with Crippen molar-refractivity contribution in [3.8, 4) is 0 Å². The van der Waals surface area contributed by atoms with E-state index in [1.807, 2.05) is 0 Å². The third-order valence-electron chi connectivity index (χ3n) is 4.86. The molecule has 17 nitrogen and oxygen atoms in total. The molecule has 19 heteroatoms. The lowest BCUT2D eigenvalue weighted by Gasteiger charge is -2.43. The summed E-state index contributed by atoms with van der Waals surface area (Å²) in [4.78, 5) is 46.7. The number of carbonyl (C=O) groups excluding carboxylic acids is 4. The molecule has 0 spiro atoms. The van der Waals surface area contributed by atoms with E-state index < -0.39 is 94.4 Å². The molecule has 2 aliphatic rings. The number of ether oxygens (including phenoxy) is 5. The Balaban J connectivity index is 2.39. The molecule has 2 fully saturated rings. The molecule has 0 aromatic heterocycles. The summed E-state index contributed by atoms with van der Waals surface area (Å²) in [6.45, 7) is 2.78. The number of carbonyl (C=O) groups is 4. The van der Waals surface area contributed by atoms with Crippen LogP contribution >= 0.6 is 0 Å². The molecular formula is C18H28N2O15S2. The maximum absolute atomic E-state index is 13.0. The van der Waals surface area contributed by atoms with Gasteiger partial charge >= 0.3 is 44.5 Å². The first-order chi connectivity index (χ1) is 17.0. The van der Waals surface area contributed by atoms with E-state index in [0.29, 0.717) is 0 Å². The maximum atomic E-state index is 13.0. The third kappa shape index (κ3) is 9.43. The predicted molar refractivity (Wildman–Crippen MR) is 116 cm³/mol. The summed E-state index contributed by atoms with van der Waals surface area (Å²) < 4.78 is 84.7. The van der Waals surface area contributed by atoms with Gasteiger partial charge in [0.05, 0.1) is 6.10 Å². The smallest absolute Gasteiger partial charge is 0.341 e. The molecule has 0 unspecified atom stereocenters. The van der Waals surface area contributed by atoms with Crippen molar-refractivity contribution in [1.82, 2.24) is 4.31 Å². The number of esters is 4.